The number of fused-ring (bicyclic) bond motifs is 1. The maximum absolute atomic E-state index is 14.2. The summed E-state index contributed by atoms with van der Waals surface area (Å²) in [5.74, 6) is -1.08. The minimum Gasteiger partial charge on any atom is -0.381 e. The number of halogens is 4. The number of aromatic nitrogens is 6. The second kappa shape index (κ2) is 11.6. The normalized spacial score (nSPS) is 17.1. The molecule has 3 aromatic heterocycles. The third-order valence-corrected chi connectivity index (χ3v) is 6.57. The molecule has 1 aromatic carbocycles. The van der Waals surface area contributed by atoms with Crippen LogP contribution in [-0.2, 0) is 10.9 Å². The largest absolute Gasteiger partial charge is 0.416 e. The van der Waals surface area contributed by atoms with E-state index in [0.717, 1.165) is 50.6 Å². The smallest absolute Gasteiger partial charge is 0.381 e. The molecule has 2 aliphatic carbocycles. The minimum atomic E-state index is -4.65. The van der Waals surface area contributed by atoms with Crippen molar-refractivity contribution in [2.24, 2.45) is 0 Å². The molecule has 39 heavy (non-hydrogen) atoms. The van der Waals surface area contributed by atoms with Crippen molar-refractivity contribution < 1.29 is 22.3 Å². The van der Waals surface area contributed by atoms with E-state index in [1.807, 2.05) is 23.1 Å². The van der Waals surface area contributed by atoms with Crippen molar-refractivity contribution in [3.8, 4) is 11.3 Å². The minimum absolute atomic E-state index is 0.0313. The van der Waals surface area contributed by atoms with E-state index in [4.69, 9.17) is 4.74 Å². The molecule has 206 valence electrons. The molecule has 8 nitrogen and oxygen atoms in total. The molecule has 3 fully saturated rings. The number of hydrogen-bond donors (Lipinski definition) is 0. The third-order valence-electron chi connectivity index (χ3n) is 6.57. The number of ether oxygens (including phenoxy) is 1. The second-order valence-corrected chi connectivity index (χ2v) is 9.69. The van der Waals surface area contributed by atoms with Gasteiger partial charge in [0.15, 0.2) is 0 Å². The highest BCUT2D eigenvalue weighted by atomic mass is 19.4. The molecular weight excluding hydrogens is 516 g/mol. The van der Waals surface area contributed by atoms with Gasteiger partial charge in [0.2, 0.25) is 0 Å². The Bertz CT molecular complexity index is 1450. The third kappa shape index (κ3) is 6.67. The first-order valence-corrected chi connectivity index (χ1v) is 13.0. The highest BCUT2D eigenvalue weighted by molar-refractivity contribution is 5.91. The molecule has 4 heterocycles. The van der Waals surface area contributed by atoms with E-state index in [1.54, 1.807) is 0 Å². The molecule has 12 heteroatoms. The van der Waals surface area contributed by atoms with Crippen LogP contribution in [0.5, 0.6) is 0 Å². The van der Waals surface area contributed by atoms with Crippen molar-refractivity contribution in [2.75, 3.05) is 13.2 Å². The number of hydrogen-bond acceptors (Lipinski definition) is 6. The van der Waals surface area contributed by atoms with E-state index in [0.29, 0.717) is 6.07 Å². The lowest BCUT2D eigenvalue weighted by molar-refractivity contribution is -0.137. The Morgan fingerprint density at radius 3 is 2.23 bits per heavy atom. The molecule has 1 saturated heterocycles. The zero-order chi connectivity index (χ0) is 27.4. The van der Waals surface area contributed by atoms with Crippen LogP contribution in [0.15, 0.2) is 54.0 Å². The van der Waals surface area contributed by atoms with E-state index >= 15 is 0 Å². The lowest BCUT2D eigenvalue weighted by Gasteiger charge is -2.10. The molecule has 2 saturated carbocycles. The summed E-state index contributed by atoms with van der Waals surface area (Å²) in [5.41, 5.74) is -1.57. The van der Waals surface area contributed by atoms with Gasteiger partial charge in [-0.25, -0.2) is 19.0 Å². The first-order valence-electron chi connectivity index (χ1n) is 13.0. The van der Waals surface area contributed by atoms with E-state index < -0.39 is 23.1 Å². The maximum atomic E-state index is 14.2. The Kier molecular flexibility index (Phi) is 8.01. The van der Waals surface area contributed by atoms with E-state index in [-0.39, 0.29) is 28.2 Å². The summed E-state index contributed by atoms with van der Waals surface area (Å²) < 4.78 is 60.7. The SMILES string of the molecule is C1CCOCC1.O=c1c2ncnc(-c3ccc(C(F)(F)F)cc3F)c2cnn1C1CC1.c1cnn(C2CC2)c1. The monoisotopic (exact) mass is 544 g/mol. The molecule has 0 unspecified atom stereocenters. The van der Waals surface area contributed by atoms with Gasteiger partial charge in [-0.2, -0.15) is 23.4 Å². The summed E-state index contributed by atoms with van der Waals surface area (Å²) in [6.07, 6.45) is 9.93. The fourth-order valence-electron chi connectivity index (χ4n) is 4.17. The fourth-order valence-corrected chi connectivity index (χ4v) is 4.17. The zero-order valence-corrected chi connectivity index (χ0v) is 21.1. The van der Waals surface area contributed by atoms with Gasteiger partial charge >= 0.3 is 6.18 Å². The number of nitrogens with zero attached hydrogens (tertiary/aromatic N) is 6. The molecule has 4 aromatic rings. The molecule has 0 atom stereocenters. The highest BCUT2D eigenvalue weighted by Gasteiger charge is 2.32. The second-order valence-electron chi connectivity index (χ2n) is 9.69. The zero-order valence-electron chi connectivity index (χ0n) is 21.1. The topological polar surface area (TPSA) is 87.7 Å². The van der Waals surface area contributed by atoms with Gasteiger partial charge in [0.05, 0.1) is 34.9 Å². The molecule has 0 bridgehead atoms. The summed E-state index contributed by atoms with van der Waals surface area (Å²) in [6.45, 7) is 2.00. The summed E-state index contributed by atoms with van der Waals surface area (Å²) in [4.78, 5) is 20.3. The summed E-state index contributed by atoms with van der Waals surface area (Å²) in [5, 5.41) is 8.35. The van der Waals surface area contributed by atoms with Crippen molar-refractivity contribution in [3.63, 3.8) is 0 Å². The fraction of sp³-hybridized carbons (Fsp3) is 0.444. The summed E-state index contributed by atoms with van der Waals surface area (Å²) >= 11 is 0. The lowest BCUT2D eigenvalue weighted by Crippen LogP contribution is -2.22. The van der Waals surface area contributed by atoms with Gasteiger partial charge in [0.1, 0.15) is 17.7 Å². The Hall–Kier alpha value is -3.67. The van der Waals surface area contributed by atoms with Crippen molar-refractivity contribution >= 4 is 10.9 Å². The first-order chi connectivity index (χ1) is 18.8. The van der Waals surface area contributed by atoms with Crippen LogP contribution < -0.4 is 5.56 Å². The number of benzene rings is 1. The molecular formula is C27H28F4N6O2. The van der Waals surface area contributed by atoms with Gasteiger partial charge < -0.3 is 4.74 Å². The Balaban J connectivity index is 0.000000177. The predicted molar refractivity (Wildman–Crippen MR) is 135 cm³/mol. The van der Waals surface area contributed by atoms with Crippen LogP contribution in [0, 0.1) is 5.82 Å². The van der Waals surface area contributed by atoms with Crippen LogP contribution in [0.4, 0.5) is 17.6 Å². The number of rotatable bonds is 3. The Labute approximate surface area is 221 Å². The molecule has 0 N–H and O–H groups in total. The van der Waals surface area contributed by atoms with Gasteiger partial charge in [-0.1, -0.05) is 0 Å². The number of alkyl halides is 3. The van der Waals surface area contributed by atoms with E-state index in [1.165, 1.54) is 43.0 Å². The van der Waals surface area contributed by atoms with Crippen LogP contribution in [0.3, 0.4) is 0 Å². The van der Waals surface area contributed by atoms with Gasteiger partial charge in [0, 0.05) is 31.2 Å². The molecule has 0 spiro atoms. The Morgan fingerprint density at radius 1 is 0.949 bits per heavy atom. The van der Waals surface area contributed by atoms with E-state index in [2.05, 4.69) is 20.2 Å². The highest BCUT2D eigenvalue weighted by Crippen LogP contribution is 2.35. The van der Waals surface area contributed by atoms with Gasteiger partial charge in [-0.15, -0.1) is 0 Å². The van der Waals surface area contributed by atoms with Crippen LogP contribution >= 0.6 is 0 Å². The molecule has 0 amide bonds. The maximum Gasteiger partial charge on any atom is 0.416 e. The molecule has 3 aliphatic rings. The van der Waals surface area contributed by atoms with Gasteiger partial charge in [-0.3, -0.25) is 9.48 Å². The molecule has 1 aliphatic heterocycles. The van der Waals surface area contributed by atoms with Crippen molar-refractivity contribution in [3.05, 3.63) is 70.9 Å². The summed E-state index contributed by atoms with van der Waals surface area (Å²) in [7, 11) is 0. The van der Waals surface area contributed by atoms with Crippen LogP contribution in [0.1, 0.15) is 62.6 Å². The molecule has 7 rings (SSSR count). The molecule has 0 radical (unpaired) electrons. The van der Waals surface area contributed by atoms with Crippen LogP contribution in [-0.4, -0.2) is 42.7 Å². The van der Waals surface area contributed by atoms with Crippen molar-refractivity contribution in [1.82, 2.24) is 29.5 Å². The van der Waals surface area contributed by atoms with E-state index in [9.17, 15) is 22.4 Å². The predicted octanol–water partition coefficient (Wildman–Crippen LogP) is 5.75. The van der Waals surface area contributed by atoms with Gasteiger partial charge in [-0.05, 0) is 69.2 Å². The average Bonchev–Trinajstić information content (AvgIpc) is 3.89. The Morgan fingerprint density at radius 2 is 1.69 bits per heavy atom. The van der Waals surface area contributed by atoms with Crippen LogP contribution in [0.2, 0.25) is 0 Å². The lowest BCUT2D eigenvalue weighted by atomic mass is 10.0. The van der Waals surface area contributed by atoms with Crippen molar-refractivity contribution in [1.29, 1.82) is 0 Å². The average molecular weight is 545 g/mol. The van der Waals surface area contributed by atoms with Crippen LogP contribution in [0.25, 0.3) is 22.2 Å². The van der Waals surface area contributed by atoms with Crippen molar-refractivity contribution in [2.45, 2.75) is 63.2 Å². The first kappa shape index (κ1) is 26.9. The standard InChI is InChI=1S/C16H10F4N4O.C6H8N2.C5H10O/c17-12-5-8(16(18,19)20)1-4-10(12)13-11-6-23-24(9-2-3-9)15(25)14(11)22-7-21-13;1-4-7-8(5-1)6-2-3-6;1-2-4-6-5-3-1/h1,4-7,9H,2-3H2;1,4-6H,2-3H2;1-5H2. The summed E-state index contributed by atoms with van der Waals surface area (Å²) in [6, 6.07) is 4.92. The quantitative estimate of drug-likeness (QED) is 0.305. The van der Waals surface area contributed by atoms with Gasteiger partial charge in [0.25, 0.3) is 5.56 Å².